The van der Waals surface area contributed by atoms with E-state index in [0.29, 0.717) is 11.7 Å². The third-order valence-corrected chi connectivity index (χ3v) is 3.33. The number of ether oxygens (including phenoxy) is 1. The van der Waals surface area contributed by atoms with Crippen molar-refractivity contribution in [3.05, 3.63) is 30.2 Å². The Morgan fingerprint density at radius 1 is 1.56 bits per heavy atom. The number of hydrogen-bond acceptors (Lipinski definition) is 5. The molecule has 1 N–H and O–H groups in total. The summed E-state index contributed by atoms with van der Waals surface area (Å²) in [6.45, 7) is 3.99. The molecule has 2 rings (SSSR count). The van der Waals surface area contributed by atoms with Gasteiger partial charge in [-0.05, 0) is 19.9 Å². The van der Waals surface area contributed by atoms with Crippen molar-refractivity contribution >= 4 is 22.6 Å². The topological polar surface area (TPSA) is 64.1 Å². The Labute approximate surface area is 109 Å². The third kappa shape index (κ3) is 2.84. The molecule has 6 heteroatoms. The Hall–Kier alpha value is -1.95. The Balaban J connectivity index is 2.20. The minimum absolute atomic E-state index is 0.339. The van der Waals surface area contributed by atoms with Crippen molar-refractivity contribution in [2.24, 2.45) is 0 Å². The molecule has 0 saturated heterocycles. The highest BCUT2D eigenvalue weighted by Gasteiger charge is 2.12. The van der Waals surface area contributed by atoms with E-state index in [4.69, 9.17) is 4.74 Å². The first-order chi connectivity index (χ1) is 8.70. The van der Waals surface area contributed by atoms with Crippen LogP contribution in [0, 0.1) is 6.92 Å². The zero-order valence-electron chi connectivity index (χ0n) is 10.1. The quantitative estimate of drug-likeness (QED) is 0.924. The molecule has 1 amide bonds. The minimum atomic E-state index is -0.482. The highest BCUT2D eigenvalue weighted by Crippen LogP contribution is 2.32. The first kappa shape index (κ1) is 12.5. The summed E-state index contributed by atoms with van der Waals surface area (Å²) < 4.78 is 4.80. The fourth-order valence-electron chi connectivity index (χ4n) is 1.47. The van der Waals surface area contributed by atoms with Crippen molar-refractivity contribution in [1.82, 2.24) is 9.97 Å². The van der Waals surface area contributed by atoms with Crippen molar-refractivity contribution in [2.75, 3.05) is 11.9 Å². The Bertz CT molecular complexity index is 540. The SMILES string of the molecule is CCOC(=O)Nc1nc(C)c(-c2cccnc2)s1. The summed E-state index contributed by atoms with van der Waals surface area (Å²) in [5.41, 5.74) is 1.85. The Morgan fingerprint density at radius 2 is 2.39 bits per heavy atom. The van der Waals surface area contributed by atoms with Crippen LogP contribution < -0.4 is 5.32 Å². The van der Waals surface area contributed by atoms with Crippen LogP contribution in [0.4, 0.5) is 9.93 Å². The summed E-state index contributed by atoms with van der Waals surface area (Å²) in [4.78, 5) is 20.6. The molecule has 0 aliphatic heterocycles. The molecule has 0 fully saturated rings. The number of carbonyl (C=O) groups is 1. The van der Waals surface area contributed by atoms with Crippen molar-refractivity contribution in [1.29, 1.82) is 0 Å². The molecule has 0 atom stereocenters. The van der Waals surface area contributed by atoms with E-state index in [0.717, 1.165) is 16.1 Å². The molecular formula is C12H13N3O2S. The predicted octanol–water partition coefficient (Wildman–Crippen LogP) is 3.08. The van der Waals surface area contributed by atoms with Crippen molar-refractivity contribution < 1.29 is 9.53 Å². The minimum Gasteiger partial charge on any atom is -0.450 e. The number of thiazole rings is 1. The van der Waals surface area contributed by atoms with Crippen LogP contribution >= 0.6 is 11.3 Å². The van der Waals surface area contributed by atoms with Gasteiger partial charge in [0, 0.05) is 18.0 Å². The van der Waals surface area contributed by atoms with Crippen LogP contribution in [0.2, 0.25) is 0 Å². The van der Waals surface area contributed by atoms with Gasteiger partial charge in [-0.3, -0.25) is 10.3 Å². The highest BCUT2D eigenvalue weighted by atomic mass is 32.1. The lowest BCUT2D eigenvalue weighted by molar-refractivity contribution is 0.168. The van der Waals surface area contributed by atoms with Crippen molar-refractivity contribution in [2.45, 2.75) is 13.8 Å². The normalized spacial score (nSPS) is 10.1. The standard InChI is InChI=1S/C12H13N3O2S/c1-3-17-12(16)15-11-14-8(2)10(18-11)9-5-4-6-13-7-9/h4-7H,3H2,1-2H3,(H,14,15,16). The number of nitrogens with zero attached hydrogens (tertiary/aromatic N) is 2. The van der Waals surface area contributed by atoms with Gasteiger partial charge < -0.3 is 4.74 Å². The van der Waals surface area contributed by atoms with E-state index in [1.165, 1.54) is 11.3 Å². The summed E-state index contributed by atoms with van der Waals surface area (Å²) in [7, 11) is 0. The van der Waals surface area contributed by atoms with Gasteiger partial charge in [-0.1, -0.05) is 17.4 Å². The van der Waals surface area contributed by atoms with Crippen LogP contribution in [0.5, 0.6) is 0 Å². The number of hydrogen-bond donors (Lipinski definition) is 1. The number of carbonyl (C=O) groups excluding carboxylic acids is 1. The number of rotatable bonds is 3. The second kappa shape index (κ2) is 5.59. The fraction of sp³-hybridized carbons (Fsp3) is 0.250. The lowest BCUT2D eigenvalue weighted by Crippen LogP contribution is -2.12. The van der Waals surface area contributed by atoms with Gasteiger partial charge in [-0.2, -0.15) is 0 Å². The van der Waals surface area contributed by atoms with Crippen LogP contribution in [0.3, 0.4) is 0 Å². The van der Waals surface area contributed by atoms with Gasteiger partial charge in [0.1, 0.15) is 0 Å². The Kier molecular flexibility index (Phi) is 3.88. The molecule has 0 aliphatic carbocycles. The molecule has 2 aromatic heterocycles. The summed E-state index contributed by atoms with van der Waals surface area (Å²) >= 11 is 1.40. The molecule has 94 valence electrons. The lowest BCUT2D eigenvalue weighted by atomic mass is 10.2. The highest BCUT2D eigenvalue weighted by molar-refractivity contribution is 7.19. The number of nitrogens with one attached hydrogen (secondary N) is 1. The fourth-order valence-corrected chi connectivity index (χ4v) is 2.41. The number of amides is 1. The maximum absolute atomic E-state index is 11.3. The average Bonchev–Trinajstić information content (AvgIpc) is 2.71. The lowest BCUT2D eigenvalue weighted by Gasteiger charge is -2.00. The van der Waals surface area contributed by atoms with Gasteiger partial charge >= 0.3 is 6.09 Å². The second-order valence-electron chi connectivity index (χ2n) is 3.52. The summed E-state index contributed by atoms with van der Waals surface area (Å²) in [6, 6.07) is 3.83. The van der Waals surface area contributed by atoms with E-state index in [1.54, 1.807) is 19.3 Å². The van der Waals surface area contributed by atoms with Gasteiger partial charge in [-0.25, -0.2) is 9.78 Å². The molecule has 2 heterocycles. The predicted molar refractivity (Wildman–Crippen MR) is 70.7 cm³/mol. The number of aromatic nitrogens is 2. The second-order valence-corrected chi connectivity index (χ2v) is 4.52. The largest absolute Gasteiger partial charge is 0.450 e. The molecule has 0 radical (unpaired) electrons. The van der Waals surface area contributed by atoms with Crippen LogP contribution in [0.25, 0.3) is 10.4 Å². The zero-order valence-corrected chi connectivity index (χ0v) is 11.0. The first-order valence-electron chi connectivity index (χ1n) is 5.52. The van der Waals surface area contributed by atoms with Crippen molar-refractivity contribution in [3.8, 4) is 10.4 Å². The number of pyridine rings is 1. The van der Waals surface area contributed by atoms with Crippen molar-refractivity contribution in [3.63, 3.8) is 0 Å². The molecule has 0 spiro atoms. The van der Waals surface area contributed by atoms with Crippen LogP contribution in [-0.4, -0.2) is 22.7 Å². The van der Waals surface area contributed by atoms with Gasteiger partial charge in [0.05, 0.1) is 17.2 Å². The number of anilines is 1. The van der Waals surface area contributed by atoms with E-state index in [2.05, 4.69) is 15.3 Å². The van der Waals surface area contributed by atoms with Gasteiger partial charge in [0.15, 0.2) is 5.13 Å². The molecule has 0 aromatic carbocycles. The summed E-state index contributed by atoms with van der Waals surface area (Å²) in [5.74, 6) is 0. The summed E-state index contributed by atoms with van der Waals surface area (Å²) in [5, 5.41) is 3.13. The molecule has 0 saturated carbocycles. The molecular weight excluding hydrogens is 250 g/mol. The van der Waals surface area contributed by atoms with Crippen LogP contribution in [-0.2, 0) is 4.74 Å². The van der Waals surface area contributed by atoms with Crippen LogP contribution in [0.1, 0.15) is 12.6 Å². The van der Waals surface area contributed by atoms with E-state index in [1.807, 2.05) is 19.1 Å². The molecule has 0 aliphatic rings. The smallest absolute Gasteiger partial charge is 0.413 e. The molecule has 5 nitrogen and oxygen atoms in total. The van der Waals surface area contributed by atoms with E-state index in [-0.39, 0.29) is 0 Å². The molecule has 0 bridgehead atoms. The molecule has 2 aromatic rings. The van der Waals surface area contributed by atoms with E-state index < -0.39 is 6.09 Å². The number of aryl methyl sites for hydroxylation is 1. The monoisotopic (exact) mass is 263 g/mol. The van der Waals surface area contributed by atoms with E-state index >= 15 is 0 Å². The average molecular weight is 263 g/mol. The first-order valence-corrected chi connectivity index (χ1v) is 6.34. The maximum atomic E-state index is 11.3. The third-order valence-electron chi connectivity index (χ3n) is 2.20. The van der Waals surface area contributed by atoms with Gasteiger partial charge in [0.25, 0.3) is 0 Å². The van der Waals surface area contributed by atoms with E-state index in [9.17, 15) is 4.79 Å². The molecule has 18 heavy (non-hydrogen) atoms. The molecule has 0 unspecified atom stereocenters. The summed E-state index contributed by atoms with van der Waals surface area (Å²) in [6.07, 6.45) is 3.01. The Morgan fingerprint density at radius 3 is 3.06 bits per heavy atom. The van der Waals surface area contributed by atoms with Crippen LogP contribution in [0.15, 0.2) is 24.5 Å². The van der Waals surface area contributed by atoms with Gasteiger partial charge in [0.2, 0.25) is 0 Å². The van der Waals surface area contributed by atoms with Gasteiger partial charge in [-0.15, -0.1) is 0 Å². The zero-order chi connectivity index (χ0) is 13.0. The maximum Gasteiger partial charge on any atom is 0.413 e.